The number of amides is 1. The maximum Gasteiger partial charge on any atom is 0.257 e. The lowest BCUT2D eigenvalue weighted by molar-refractivity contribution is -0.123. The summed E-state index contributed by atoms with van der Waals surface area (Å²) in [7, 11) is 1.60. The molecule has 0 aliphatic heterocycles. The van der Waals surface area contributed by atoms with Crippen molar-refractivity contribution in [2.24, 2.45) is 0 Å². The van der Waals surface area contributed by atoms with E-state index in [-0.39, 0.29) is 18.3 Å². The van der Waals surface area contributed by atoms with Crippen LogP contribution in [0.4, 0.5) is 8.78 Å². The number of nitrogens with one attached hydrogen (secondary N) is 1. The van der Waals surface area contributed by atoms with Crippen LogP contribution in [0.5, 0.6) is 11.5 Å². The number of hydrogen-bond acceptors (Lipinski definition) is 3. The van der Waals surface area contributed by atoms with Crippen LogP contribution in [0.3, 0.4) is 0 Å². The standard InChI is InChI=1S/C18H19F2NO3/c1-12-3-5-16(23-2)13(9-12)7-8-21-18(22)11-24-17-6-4-14(19)10-15(17)20/h3-6,9-10H,7-8,11H2,1-2H3,(H,21,22). The summed E-state index contributed by atoms with van der Waals surface area (Å²) < 4.78 is 36.5. The monoisotopic (exact) mass is 335 g/mol. The Morgan fingerprint density at radius 3 is 2.58 bits per heavy atom. The molecule has 0 bridgehead atoms. The fraction of sp³-hybridized carbons (Fsp3) is 0.278. The predicted octanol–water partition coefficient (Wildman–Crippen LogP) is 3.02. The first-order chi connectivity index (χ1) is 11.5. The molecule has 0 saturated carbocycles. The zero-order valence-electron chi connectivity index (χ0n) is 13.6. The third kappa shape index (κ3) is 4.94. The number of benzene rings is 2. The lowest BCUT2D eigenvalue weighted by Crippen LogP contribution is -2.30. The number of methoxy groups -OCH3 is 1. The van der Waals surface area contributed by atoms with E-state index in [4.69, 9.17) is 9.47 Å². The van der Waals surface area contributed by atoms with Crippen LogP contribution >= 0.6 is 0 Å². The smallest absolute Gasteiger partial charge is 0.257 e. The number of ether oxygens (including phenoxy) is 2. The molecule has 6 heteroatoms. The summed E-state index contributed by atoms with van der Waals surface area (Å²) in [6.45, 7) is 2.04. The number of carbonyl (C=O) groups is 1. The Hall–Kier alpha value is -2.63. The van der Waals surface area contributed by atoms with E-state index in [0.29, 0.717) is 19.0 Å². The number of rotatable bonds is 7. The summed E-state index contributed by atoms with van der Waals surface area (Å²) in [5.74, 6) is -1.32. The molecule has 0 radical (unpaired) electrons. The van der Waals surface area contributed by atoms with E-state index < -0.39 is 11.6 Å². The Labute approximate surface area is 139 Å². The van der Waals surface area contributed by atoms with Crippen LogP contribution in [0.1, 0.15) is 11.1 Å². The van der Waals surface area contributed by atoms with Gasteiger partial charge in [0, 0.05) is 12.6 Å². The van der Waals surface area contributed by atoms with Gasteiger partial charge in [0.05, 0.1) is 7.11 Å². The Kier molecular flexibility index (Phi) is 6.12. The fourth-order valence-corrected chi connectivity index (χ4v) is 2.23. The molecule has 0 spiro atoms. The lowest BCUT2D eigenvalue weighted by atomic mass is 10.1. The molecule has 0 atom stereocenters. The molecule has 0 saturated heterocycles. The zero-order valence-corrected chi connectivity index (χ0v) is 13.6. The first kappa shape index (κ1) is 17.7. The van der Waals surface area contributed by atoms with Crippen LogP contribution in [0.2, 0.25) is 0 Å². The normalized spacial score (nSPS) is 10.3. The molecule has 0 aromatic heterocycles. The lowest BCUT2D eigenvalue weighted by Gasteiger charge is -2.11. The van der Waals surface area contributed by atoms with Gasteiger partial charge in [0.15, 0.2) is 18.2 Å². The number of aryl methyl sites for hydroxylation is 1. The molecule has 2 aromatic carbocycles. The minimum Gasteiger partial charge on any atom is -0.496 e. The van der Waals surface area contributed by atoms with Crippen molar-refractivity contribution in [1.29, 1.82) is 0 Å². The zero-order chi connectivity index (χ0) is 17.5. The summed E-state index contributed by atoms with van der Waals surface area (Å²) in [6, 6.07) is 8.75. The van der Waals surface area contributed by atoms with E-state index in [9.17, 15) is 13.6 Å². The Morgan fingerprint density at radius 2 is 1.88 bits per heavy atom. The molecule has 2 aromatic rings. The molecule has 128 valence electrons. The second kappa shape index (κ2) is 8.29. The molecule has 0 aliphatic rings. The summed E-state index contributed by atoms with van der Waals surface area (Å²) in [5.41, 5.74) is 2.09. The molecule has 0 fully saturated rings. The Bertz CT molecular complexity index is 719. The molecular formula is C18H19F2NO3. The highest BCUT2D eigenvalue weighted by Gasteiger charge is 2.09. The van der Waals surface area contributed by atoms with Gasteiger partial charge in [0.2, 0.25) is 0 Å². The molecule has 0 unspecified atom stereocenters. The van der Waals surface area contributed by atoms with Crippen molar-refractivity contribution >= 4 is 5.91 Å². The van der Waals surface area contributed by atoms with Crippen LogP contribution < -0.4 is 14.8 Å². The Balaban J connectivity index is 1.80. The first-order valence-electron chi connectivity index (χ1n) is 7.47. The fourth-order valence-electron chi connectivity index (χ4n) is 2.23. The molecule has 0 heterocycles. The highest BCUT2D eigenvalue weighted by atomic mass is 19.1. The van der Waals surface area contributed by atoms with Gasteiger partial charge in [-0.25, -0.2) is 8.78 Å². The van der Waals surface area contributed by atoms with E-state index >= 15 is 0 Å². The Morgan fingerprint density at radius 1 is 1.12 bits per heavy atom. The number of hydrogen-bond donors (Lipinski definition) is 1. The molecule has 0 aliphatic carbocycles. The number of halogens is 2. The average molecular weight is 335 g/mol. The van der Waals surface area contributed by atoms with Gasteiger partial charge in [-0.05, 0) is 37.1 Å². The van der Waals surface area contributed by atoms with Crippen molar-refractivity contribution in [3.05, 3.63) is 59.2 Å². The quantitative estimate of drug-likeness (QED) is 0.846. The topological polar surface area (TPSA) is 47.6 Å². The molecule has 4 nitrogen and oxygen atoms in total. The van der Waals surface area contributed by atoms with Gasteiger partial charge in [-0.1, -0.05) is 17.7 Å². The summed E-state index contributed by atoms with van der Waals surface area (Å²) in [6.07, 6.45) is 0.599. The molecule has 1 N–H and O–H groups in total. The maximum absolute atomic E-state index is 13.4. The molecular weight excluding hydrogens is 316 g/mol. The van der Waals surface area contributed by atoms with E-state index in [0.717, 1.165) is 29.0 Å². The van der Waals surface area contributed by atoms with Crippen LogP contribution in [0.25, 0.3) is 0 Å². The van der Waals surface area contributed by atoms with Gasteiger partial charge in [-0.15, -0.1) is 0 Å². The van der Waals surface area contributed by atoms with Crippen LogP contribution in [-0.2, 0) is 11.2 Å². The summed E-state index contributed by atoms with van der Waals surface area (Å²) in [5, 5.41) is 2.69. The predicted molar refractivity (Wildman–Crippen MR) is 86.3 cm³/mol. The van der Waals surface area contributed by atoms with E-state index in [2.05, 4.69) is 5.32 Å². The van der Waals surface area contributed by atoms with Crippen molar-refractivity contribution in [1.82, 2.24) is 5.32 Å². The highest BCUT2D eigenvalue weighted by molar-refractivity contribution is 5.77. The van der Waals surface area contributed by atoms with Crippen LogP contribution in [0.15, 0.2) is 36.4 Å². The van der Waals surface area contributed by atoms with Crippen molar-refractivity contribution in [3.63, 3.8) is 0 Å². The molecule has 1 amide bonds. The maximum atomic E-state index is 13.4. The third-order valence-electron chi connectivity index (χ3n) is 3.41. The van der Waals surface area contributed by atoms with Crippen LogP contribution in [-0.4, -0.2) is 26.2 Å². The van der Waals surface area contributed by atoms with E-state index in [1.807, 2.05) is 25.1 Å². The first-order valence-corrected chi connectivity index (χ1v) is 7.47. The minimum absolute atomic E-state index is 0.160. The SMILES string of the molecule is COc1ccc(C)cc1CCNC(=O)COc1ccc(F)cc1F. The van der Waals surface area contributed by atoms with Crippen molar-refractivity contribution < 1.29 is 23.0 Å². The third-order valence-corrected chi connectivity index (χ3v) is 3.41. The van der Waals surface area contributed by atoms with Crippen LogP contribution in [0, 0.1) is 18.6 Å². The molecule has 2 rings (SSSR count). The van der Waals surface area contributed by atoms with Gasteiger partial charge in [-0.2, -0.15) is 0 Å². The van der Waals surface area contributed by atoms with Crippen molar-refractivity contribution in [3.8, 4) is 11.5 Å². The van der Waals surface area contributed by atoms with Gasteiger partial charge in [0.25, 0.3) is 5.91 Å². The second-order valence-corrected chi connectivity index (χ2v) is 5.28. The minimum atomic E-state index is -0.840. The van der Waals surface area contributed by atoms with Crippen molar-refractivity contribution in [2.75, 3.05) is 20.3 Å². The van der Waals surface area contributed by atoms with Gasteiger partial charge in [-0.3, -0.25) is 4.79 Å². The van der Waals surface area contributed by atoms with E-state index in [1.165, 1.54) is 0 Å². The summed E-state index contributed by atoms with van der Waals surface area (Å²) >= 11 is 0. The molecule has 24 heavy (non-hydrogen) atoms. The van der Waals surface area contributed by atoms with Gasteiger partial charge >= 0.3 is 0 Å². The van der Waals surface area contributed by atoms with Crippen molar-refractivity contribution in [2.45, 2.75) is 13.3 Å². The largest absolute Gasteiger partial charge is 0.496 e. The number of carbonyl (C=O) groups excluding carboxylic acids is 1. The average Bonchev–Trinajstić information content (AvgIpc) is 2.54. The van der Waals surface area contributed by atoms with Gasteiger partial charge in [0.1, 0.15) is 11.6 Å². The summed E-state index contributed by atoms with van der Waals surface area (Å²) in [4.78, 5) is 11.7. The van der Waals surface area contributed by atoms with Gasteiger partial charge < -0.3 is 14.8 Å². The van der Waals surface area contributed by atoms with E-state index in [1.54, 1.807) is 7.11 Å². The highest BCUT2D eigenvalue weighted by Crippen LogP contribution is 2.20. The second-order valence-electron chi connectivity index (χ2n) is 5.28.